The Hall–Kier alpha value is -0.630. The molecule has 3 aliphatic rings. The average Bonchev–Trinajstić information content (AvgIpc) is 2.55. The lowest BCUT2D eigenvalue weighted by molar-refractivity contribution is 0.0107. The van der Waals surface area contributed by atoms with Gasteiger partial charge in [-0.15, -0.1) is 0 Å². The Morgan fingerprint density at radius 2 is 1.90 bits per heavy atom. The van der Waals surface area contributed by atoms with E-state index in [0.717, 1.165) is 25.4 Å². The van der Waals surface area contributed by atoms with Crippen LogP contribution in [0.4, 0.5) is 0 Å². The predicted molar refractivity (Wildman–Crippen MR) is 85.1 cm³/mol. The van der Waals surface area contributed by atoms with Crippen LogP contribution in [0.1, 0.15) is 51.9 Å². The van der Waals surface area contributed by atoms with Crippen LogP contribution in [0.25, 0.3) is 0 Å². The zero-order valence-corrected chi connectivity index (χ0v) is 13.5. The zero-order valence-electron chi connectivity index (χ0n) is 13.5. The molecule has 0 bridgehead atoms. The van der Waals surface area contributed by atoms with Crippen molar-refractivity contribution < 1.29 is 0 Å². The molecular weight excluding hydrogens is 260 g/mol. The maximum atomic E-state index is 9.64. The number of piperidine rings is 1. The third-order valence-corrected chi connectivity index (χ3v) is 5.84. The molecular formula is C17H30N4. The van der Waals surface area contributed by atoms with Crippen LogP contribution in [0, 0.1) is 11.3 Å². The van der Waals surface area contributed by atoms with Gasteiger partial charge in [0.1, 0.15) is 5.54 Å². The molecule has 4 nitrogen and oxygen atoms in total. The van der Waals surface area contributed by atoms with Crippen molar-refractivity contribution in [2.75, 3.05) is 32.7 Å². The summed E-state index contributed by atoms with van der Waals surface area (Å²) in [6.45, 7) is 8.00. The molecule has 118 valence electrons. The Balaban J connectivity index is 1.62. The summed E-state index contributed by atoms with van der Waals surface area (Å²) in [5, 5.41) is 13.1. The second-order valence-electron chi connectivity index (χ2n) is 7.15. The molecule has 3 fully saturated rings. The molecule has 0 aromatic carbocycles. The first-order valence-electron chi connectivity index (χ1n) is 8.91. The van der Waals surface area contributed by atoms with Gasteiger partial charge in [-0.2, -0.15) is 5.26 Å². The van der Waals surface area contributed by atoms with Crippen LogP contribution in [-0.4, -0.2) is 60.1 Å². The lowest BCUT2D eigenvalue weighted by atomic mass is 9.79. The highest BCUT2D eigenvalue weighted by Crippen LogP contribution is 2.33. The Bertz CT molecular complexity index is 387. The molecule has 1 aliphatic carbocycles. The van der Waals surface area contributed by atoms with Crippen molar-refractivity contribution in [1.82, 2.24) is 15.1 Å². The fourth-order valence-electron chi connectivity index (χ4n) is 4.71. The summed E-state index contributed by atoms with van der Waals surface area (Å²) in [6.07, 6.45) is 8.68. The number of rotatable bonds is 3. The van der Waals surface area contributed by atoms with E-state index in [0.29, 0.717) is 6.04 Å². The monoisotopic (exact) mass is 290 g/mol. The largest absolute Gasteiger partial charge is 0.300 e. The van der Waals surface area contributed by atoms with E-state index < -0.39 is 0 Å². The van der Waals surface area contributed by atoms with Crippen LogP contribution in [-0.2, 0) is 0 Å². The quantitative estimate of drug-likeness (QED) is 0.863. The molecule has 4 heteroatoms. The van der Waals surface area contributed by atoms with E-state index in [9.17, 15) is 5.26 Å². The first-order valence-corrected chi connectivity index (χ1v) is 8.91. The Morgan fingerprint density at radius 3 is 2.71 bits per heavy atom. The fraction of sp³-hybridized carbons (Fsp3) is 0.941. The average molecular weight is 290 g/mol. The number of nitrogens with zero attached hydrogens (tertiary/aromatic N) is 3. The van der Waals surface area contributed by atoms with Crippen molar-refractivity contribution in [1.29, 1.82) is 5.26 Å². The van der Waals surface area contributed by atoms with Gasteiger partial charge in [-0.3, -0.25) is 15.1 Å². The van der Waals surface area contributed by atoms with Crippen LogP contribution >= 0.6 is 0 Å². The molecule has 1 N–H and O–H groups in total. The van der Waals surface area contributed by atoms with Crippen molar-refractivity contribution in [3.63, 3.8) is 0 Å². The summed E-state index contributed by atoms with van der Waals surface area (Å²) in [4.78, 5) is 5.40. The van der Waals surface area contributed by atoms with Crippen LogP contribution in [0.2, 0.25) is 0 Å². The third kappa shape index (κ3) is 3.26. The zero-order chi connectivity index (χ0) is 14.7. The highest BCUT2D eigenvalue weighted by molar-refractivity contribution is 5.11. The lowest BCUT2D eigenvalue weighted by Gasteiger charge is -2.49. The second kappa shape index (κ2) is 6.64. The number of piperazine rings is 1. The van der Waals surface area contributed by atoms with Crippen molar-refractivity contribution in [2.45, 2.75) is 69.5 Å². The number of fused-ring (bicyclic) bond motifs is 1. The maximum absolute atomic E-state index is 9.64. The number of hydrogen-bond acceptors (Lipinski definition) is 4. The van der Waals surface area contributed by atoms with Crippen LogP contribution in [0.3, 0.4) is 0 Å². The van der Waals surface area contributed by atoms with E-state index in [2.05, 4.69) is 28.1 Å². The highest BCUT2D eigenvalue weighted by atomic mass is 15.3. The van der Waals surface area contributed by atoms with Crippen molar-refractivity contribution in [3.8, 4) is 6.07 Å². The molecule has 2 aliphatic heterocycles. The van der Waals surface area contributed by atoms with E-state index in [-0.39, 0.29) is 5.54 Å². The summed E-state index contributed by atoms with van der Waals surface area (Å²) < 4.78 is 0. The van der Waals surface area contributed by atoms with Gasteiger partial charge in [0, 0.05) is 31.7 Å². The van der Waals surface area contributed by atoms with Crippen molar-refractivity contribution in [2.24, 2.45) is 0 Å². The van der Waals surface area contributed by atoms with Gasteiger partial charge in [0.2, 0.25) is 0 Å². The van der Waals surface area contributed by atoms with E-state index in [1.54, 1.807) is 0 Å². The minimum Gasteiger partial charge on any atom is -0.300 e. The molecule has 21 heavy (non-hydrogen) atoms. The molecule has 2 saturated heterocycles. The van der Waals surface area contributed by atoms with Crippen molar-refractivity contribution >= 4 is 0 Å². The van der Waals surface area contributed by atoms with Gasteiger partial charge in [-0.05, 0) is 51.6 Å². The molecule has 0 radical (unpaired) electrons. The first-order chi connectivity index (χ1) is 10.3. The molecule has 3 atom stereocenters. The molecule has 0 amide bonds. The van der Waals surface area contributed by atoms with Crippen LogP contribution in [0.5, 0.6) is 0 Å². The van der Waals surface area contributed by atoms with Crippen LogP contribution < -0.4 is 5.32 Å². The van der Waals surface area contributed by atoms with E-state index in [1.807, 2.05) is 0 Å². The minimum absolute atomic E-state index is 0.263. The Labute approximate surface area is 129 Å². The number of nitriles is 1. The molecule has 1 saturated carbocycles. The van der Waals surface area contributed by atoms with Gasteiger partial charge in [0.25, 0.3) is 0 Å². The maximum Gasteiger partial charge on any atom is 0.108 e. The molecule has 2 heterocycles. The van der Waals surface area contributed by atoms with Gasteiger partial charge >= 0.3 is 0 Å². The Morgan fingerprint density at radius 1 is 1.10 bits per heavy atom. The molecule has 3 unspecified atom stereocenters. The summed E-state index contributed by atoms with van der Waals surface area (Å²) >= 11 is 0. The lowest BCUT2D eigenvalue weighted by Crippen LogP contribution is -2.60. The summed E-state index contributed by atoms with van der Waals surface area (Å²) in [6, 6.07) is 3.99. The van der Waals surface area contributed by atoms with E-state index in [4.69, 9.17) is 0 Å². The minimum atomic E-state index is -0.263. The molecule has 0 spiro atoms. The molecule has 0 aromatic heterocycles. The van der Waals surface area contributed by atoms with Gasteiger partial charge in [0.15, 0.2) is 0 Å². The second-order valence-corrected chi connectivity index (χ2v) is 7.15. The van der Waals surface area contributed by atoms with Crippen molar-refractivity contribution in [3.05, 3.63) is 0 Å². The topological polar surface area (TPSA) is 42.3 Å². The van der Waals surface area contributed by atoms with E-state index >= 15 is 0 Å². The summed E-state index contributed by atoms with van der Waals surface area (Å²) in [7, 11) is 0. The Kier molecular flexibility index (Phi) is 4.83. The predicted octanol–water partition coefficient (Wildman–Crippen LogP) is 1.97. The van der Waals surface area contributed by atoms with Gasteiger partial charge in [-0.1, -0.05) is 13.3 Å². The SMILES string of the molecule is CCNC1(C#N)CCCC(N2CCN3CCCCC3C2)C1. The number of hydrogen-bond donors (Lipinski definition) is 1. The third-order valence-electron chi connectivity index (χ3n) is 5.84. The van der Waals surface area contributed by atoms with Gasteiger partial charge in [0.05, 0.1) is 6.07 Å². The normalized spacial score (nSPS) is 38.7. The molecule has 3 rings (SSSR count). The fourth-order valence-corrected chi connectivity index (χ4v) is 4.71. The smallest absolute Gasteiger partial charge is 0.108 e. The van der Waals surface area contributed by atoms with Crippen LogP contribution in [0.15, 0.2) is 0 Å². The number of nitrogens with one attached hydrogen (secondary N) is 1. The summed E-state index contributed by atoms with van der Waals surface area (Å²) in [5.74, 6) is 0. The highest BCUT2D eigenvalue weighted by Gasteiger charge is 2.40. The first kappa shape index (κ1) is 15.3. The van der Waals surface area contributed by atoms with E-state index in [1.165, 1.54) is 58.3 Å². The van der Waals surface area contributed by atoms with Gasteiger partial charge < -0.3 is 0 Å². The molecule has 0 aromatic rings. The summed E-state index contributed by atoms with van der Waals surface area (Å²) in [5.41, 5.74) is -0.263. The van der Waals surface area contributed by atoms with Gasteiger partial charge in [-0.25, -0.2) is 0 Å². The standard InChI is InChI=1S/C17H30N4/c1-2-19-17(14-18)8-5-7-15(12-17)21-11-10-20-9-4-3-6-16(20)13-21/h15-16,19H,2-13H2,1H3.